The lowest BCUT2D eigenvalue weighted by molar-refractivity contribution is 0.102. The first-order valence-corrected chi connectivity index (χ1v) is 11.5. The molecule has 0 N–H and O–H groups in total. The van der Waals surface area contributed by atoms with Gasteiger partial charge in [0.2, 0.25) is 0 Å². The number of aryl methyl sites for hydroxylation is 1. The standard InChI is InChI=1S/C23H28FN5OS/c1-14-12-20(15(2)28(14)18-10-11-18)21(30)13-31-23-26-25-22(16(3)27(4)5)29(23)19-8-6-17(24)7-9-19/h6-9,12,16,18H,10-11,13H2,1-5H3. The van der Waals surface area contributed by atoms with E-state index in [4.69, 9.17) is 0 Å². The highest BCUT2D eigenvalue weighted by atomic mass is 32.2. The Morgan fingerprint density at radius 2 is 1.90 bits per heavy atom. The van der Waals surface area contributed by atoms with Gasteiger partial charge in [-0.1, -0.05) is 11.8 Å². The van der Waals surface area contributed by atoms with Crippen LogP contribution in [0.4, 0.5) is 4.39 Å². The number of ketones is 1. The number of Topliss-reactive ketones (excluding diaryl/α,β-unsaturated/α-hetero) is 1. The number of nitrogens with zero attached hydrogens (tertiary/aromatic N) is 5. The van der Waals surface area contributed by atoms with Crippen molar-refractivity contribution >= 4 is 17.5 Å². The van der Waals surface area contributed by atoms with E-state index in [1.165, 1.54) is 36.7 Å². The lowest BCUT2D eigenvalue weighted by Crippen LogP contribution is -2.20. The van der Waals surface area contributed by atoms with Gasteiger partial charge in [-0.05, 0) is 78.0 Å². The predicted octanol–water partition coefficient (Wildman–Crippen LogP) is 4.76. The molecular weight excluding hydrogens is 413 g/mol. The first-order valence-electron chi connectivity index (χ1n) is 10.5. The van der Waals surface area contributed by atoms with Gasteiger partial charge in [0.1, 0.15) is 5.82 Å². The van der Waals surface area contributed by atoms with Gasteiger partial charge in [-0.2, -0.15) is 0 Å². The predicted molar refractivity (Wildman–Crippen MR) is 121 cm³/mol. The molecular formula is C23H28FN5OS. The van der Waals surface area contributed by atoms with Crippen LogP contribution in [0.2, 0.25) is 0 Å². The molecule has 1 unspecified atom stereocenters. The molecule has 1 aromatic carbocycles. The van der Waals surface area contributed by atoms with Gasteiger partial charge in [-0.3, -0.25) is 14.3 Å². The summed E-state index contributed by atoms with van der Waals surface area (Å²) < 4.78 is 17.7. The highest BCUT2D eigenvalue weighted by Gasteiger charge is 2.28. The van der Waals surface area contributed by atoms with Crippen LogP contribution in [-0.2, 0) is 0 Å². The summed E-state index contributed by atoms with van der Waals surface area (Å²) in [5.41, 5.74) is 3.75. The van der Waals surface area contributed by atoms with Crippen molar-refractivity contribution in [1.29, 1.82) is 0 Å². The van der Waals surface area contributed by atoms with E-state index >= 15 is 0 Å². The molecule has 2 heterocycles. The first kappa shape index (κ1) is 21.8. The molecule has 31 heavy (non-hydrogen) atoms. The van der Waals surface area contributed by atoms with Crippen LogP contribution < -0.4 is 0 Å². The van der Waals surface area contributed by atoms with Crippen LogP contribution in [0.3, 0.4) is 0 Å². The van der Waals surface area contributed by atoms with Crippen molar-refractivity contribution in [2.24, 2.45) is 0 Å². The third-order valence-electron chi connectivity index (χ3n) is 5.92. The molecule has 0 amide bonds. The smallest absolute Gasteiger partial charge is 0.196 e. The summed E-state index contributed by atoms with van der Waals surface area (Å²) in [6.45, 7) is 6.13. The van der Waals surface area contributed by atoms with E-state index in [9.17, 15) is 9.18 Å². The molecule has 0 radical (unpaired) electrons. The minimum absolute atomic E-state index is 0.0000670. The van der Waals surface area contributed by atoms with Gasteiger partial charge >= 0.3 is 0 Å². The molecule has 1 fully saturated rings. The van der Waals surface area contributed by atoms with Crippen molar-refractivity contribution in [3.63, 3.8) is 0 Å². The molecule has 8 heteroatoms. The Balaban J connectivity index is 1.60. The fourth-order valence-corrected chi connectivity index (χ4v) is 4.71. The number of carbonyl (C=O) groups is 1. The topological polar surface area (TPSA) is 56.0 Å². The minimum Gasteiger partial charge on any atom is -0.345 e. The minimum atomic E-state index is -0.297. The van der Waals surface area contributed by atoms with Crippen LogP contribution in [0, 0.1) is 19.7 Å². The number of hydrogen-bond donors (Lipinski definition) is 0. The Hall–Kier alpha value is -2.45. The molecule has 1 aliphatic carbocycles. The second-order valence-electron chi connectivity index (χ2n) is 8.39. The van der Waals surface area contributed by atoms with Crippen LogP contribution in [0.15, 0.2) is 35.5 Å². The maximum atomic E-state index is 13.5. The van der Waals surface area contributed by atoms with Gasteiger partial charge in [-0.25, -0.2) is 4.39 Å². The van der Waals surface area contributed by atoms with Crippen LogP contribution in [0.5, 0.6) is 0 Å². The van der Waals surface area contributed by atoms with Gasteiger partial charge in [0, 0.05) is 28.7 Å². The first-order chi connectivity index (χ1) is 14.8. The molecule has 6 nitrogen and oxygen atoms in total. The molecule has 1 aliphatic rings. The number of benzene rings is 1. The molecule has 0 spiro atoms. The molecule has 0 saturated heterocycles. The van der Waals surface area contributed by atoms with E-state index in [1.807, 2.05) is 43.5 Å². The Morgan fingerprint density at radius 3 is 2.52 bits per heavy atom. The molecule has 0 bridgehead atoms. The van der Waals surface area contributed by atoms with Crippen LogP contribution >= 0.6 is 11.8 Å². The maximum Gasteiger partial charge on any atom is 0.196 e. The van der Waals surface area contributed by atoms with E-state index in [-0.39, 0.29) is 23.4 Å². The Kier molecular flexibility index (Phi) is 6.03. The molecule has 0 aliphatic heterocycles. The number of carbonyl (C=O) groups excluding carboxylic acids is 1. The van der Waals surface area contributed by atoms with Crippen LogP contribution in [-0.4, -0.2) is 49.9 Å². The number of aromatic nitrogens is 4. The number of hydrogen-bond acceptors (Lipinski definition) is 5. The Bertz CT molecular complexity index is 1100. The van der Waals surface area contributed by atoms with Crippen molar-refractivity contribution in [2.45, 2.75) is 50.9 Å². The molecule has 164 valence electrons. The Morgan fingerprint density at radius 1 is 1.23 bits per heavy atom. The summed E-state index contributed by atoms with van der Waals surface area (Å²) in [5, 5.41) is 9.39. The van der Waals surface area contributed by atoms with Gasteiger partial charge in [0.25, 0.3) is 0 Å². The van der Waals surface area contributed by atoms with E-state index in [2.05, 4.69) is 21.7 Å². The van der Waals surface area contributed by atoms with E-state index in [0.29, 0.717) is 11.2 Å². The third-order valence-corrected chi connectivity index (χ3v) is 6.85. The van der Waals surface area contributed by atoms with Gasteiger partial charge in [-0.15, -0.1) is 10.2 Å². The SMILES string of the molecule is Cc1cc(C(=O)CSc2nnc(C(C)N(C)C)n2-c2ccc(F)cc2)c(C)n1C1CC1. The van der Waals surface area contributed by atoms with E-state index in [1.54, 1.807) is 12.1 Å². The zero-order valence-corrected chi connectivity index (χ0v) is 19.4. The quantitative estimate of drug-likeness (QED) is 0.373. The highest BCUT2D eigenvalue weighted by molar-refractivity contribution is 7.99. The monoisotopic (exact) mass is 441 g/mol. The number of thioether (sulfide) groups is 1. The summed E-state index contributed by atoms with van der Waals surface area (Å²) in [5.74, 6) is 0.804. The van der Waals surface area contributed by atoms with Gasteiger partial charge in [0.05, 0.1) is 11.8 Å². The van der Waals surface area contributed by atoms with E-state index in [0.717, 1.165) is 28.5 Å². The van der Waals surface area contributed by atoms with Crippen molar-refractivity contribution in [2.75, 3.05) is 19.8 Å². The van der Waals surface area contributed by atoms with Crippen molar-refractivity contribution < 1.29 is 9.18 Å². The van der Waals surface area contributed by atoms with Crippen LogP contribution in [0.1, 0.15) is 59.4 Å². The molecule has 2 aromatic heterocycles. The second-order valence-corrected chi connectivity index (χ2v) is 9.33. The lowest BCUT2D eigenvalue weighted by Gasteiger charge is -2.20. The maximum absolute atomic E-state index is 13.5. The number of halogens is 1. The zero-order chi connectivity index (χ0) is 22.3. The summed E-state index contributed by atoms with van der Waals surface area (Å²) >= 11 is 1.37. The average molecular weight is 442 g/mol. The largest absolute Gasteiger partial charge is 0.345 e. The summed E-state index contributed by atoms with van der Waals surface area (Å²) in [6, 6.07) is 8.81. The van der Waals surface area contributed by atoms with Crippen molar-refractivity contribution in [3.05, 3.63) is 58.9 Å². The Labute approximate surface area is 186 Å². The van der Waals surface area contributed by atoms with Crippen molar-refractivity contribution in [3.8, 4) is 5.69 Å². The van der Waals surface area contributed by atoms with Gasteiger partial charge < -0.3 is 4.57 Å². The van der Waals surface area contributed by atoms with Gasteiger partial charge in [0.15, 0.2) is 16.8 Å². The summed E-state index contributed by atoms with van der Waals surface area (Å²) in [4.78, 5) is 15.1. The molecule has 4 rings (SSSR count). The number of rotatable bonds is 8. The molecule has 1 saturated carbocycles. The average Bonchev–Trinajstić information content (AvgIpc) is 3.40. The normalized spacial score (nSPS) is 14.9. The van der Waals surface area contributed by atoms with Crippen LogP contribution in [0.25, 0.3) is 5.69 Å². The second kappa shape index (κ2) is 8.59. The van der Waals surface area contributed by atoms with E-state index < -0.39 is 0 Å². The van der Waals surface area contributed by atoms with Crippen molar-refractivity contribution in [1.82, 2.24) is 24.2 Å². The third kappa shape index (κ3) is 4.32. The zero-order valence-electron chi connectivity index (χ0n) is 18.6. The molecule has 1 atom stereocenters. The summed E-state index contributed by atoms with van der Waals surface area (Å²) in [7, 11) is 3.95. The fourth-order valence-electron chi connectivity index (χ4n) is 3.87. The fraction of sp³-hybridized carbons (Fsp3) is 0.435. The lowest BCUT2D eigenvalue weighted by atomic mass is 10.2. The highest BCUT2D eigenvalue weighted by Crippen LogP contribution is 2.38. The summed E-state index contributed by atoms with van der Waals surface area (Å²) in [6.07, 6.45) is 2.37. The molecule has 3 aromatic rings.